The number of aliphatic hydroxyl groups excluding tert-OH is 1. The molecule has 0 bridgehead atoms. The molecule has 2 N–H and O–H groups in total. The molecule has 0 spiro atoms. The molecule has 0 saturated heterocycles. The highest BCUT2D eigenvalue weighted by Gasteiger charge is 2.11. The molecule has 0 saturated carbocycles. The van der Waals surface area contributed by atoms with Gasteiger partial charge in [0.15, 0.2) is 0 Å². The number of nitrogens with one attached hydrogen (secondary N) is 1. The second kappa shape index (κ2) is 9.06. The molecule has 0 aliphatic carbocycles. The molecule has 128 valence electrons. The first-order chi connectivity index (χ1) is 11.5. The second-order valence-corrected chi connectivity index (χ2v) is 6.55. The zero-order valence-electron chi connectivity index (χ0n) is 13.3. The van der Waals surface area contributed by atoms with Gasteiger partial charge in [0.1, 0.15) is 5.75 Å². The summed E-state index contributed by atoms with van der Waals surface area (Å²) in [6.07, 6.45) is 0.568. The van der Waals surface area contributed by atoms with Crippen LogP contribution in [0, 0.1) is 6.92 Å². The van der Waals surface area contributed by atoms with Crippen LogP contribution in [0.15, 0.2) is 40.9 Å². The molecule has 0 heterocycles. The molecule has 0 aliphatic heterocycles. The summed E-state index contributed by atoms with van der Waals surface area (Å²) in [5.74, 6) is 0.540. The van der Waals surface area contributed by atoms with Crippen molar-refractivity contribution in [3.05, 3.63) is 62.6 Å². The highest BCUT2D eigenvalue weighted by Crippen LogP contribution is 2.24. The van der Waals surface area contributed by atoms with E-state index in [2.05, 4.69) is 21.2 Å². The maximum Gasteiger partial charge on any atom is 0.251 e. The predicted octanol–water partition coefficient (Wildman–Crippen LogP) is 4.10. The third kappa shape index (κ3) is 4.97. The molecular weight excluding hydrogens is 394 g/mol. The Hall–Kier alpha value is -1.56. The number of hydrogen-bond acceptors (Lipinski definition) is 3. The number of aryl methyl sites for hydroxylation is 1. The first-order valence-electron chi connectivity index (χ1n) is 7.58. The average molecular weight is 413 g/mol. The smallest absolute Gasteiger partial charge is 0.251 e. The summed E-state index contributed by atoms with van der Waals surface area (Å²) in [7, 11) is 0. The van der Waals surface area contributed by atoms with Gasteiger partial charge < -0.3 is 15.2 Å². The highest BCUT2D eigenvalue weighted by molar-refractivity contribution is 9.10. The molecule has 0 atom stereocenters. The lowest BCUT2D eigenvalue weighted by Crippen LogP contribution is -2.23. The van der Waals surface area contributed by atoms with Crippen LogP contribution in [0.25, 0.3) is 0 Å². The van der Waals surface area contributed by atoms with E-state index in [1.807, 2.05) is 25.1 Å². The molecule has 6 heteroatoms. The normalized spacial score (nSPS) is 10.5. The van der Waals surface area contributed by atoms with E-state index in [4.69, 9.17) is 21.4 Å². The summed E-state index contributed by atoms with van der Waals surface area (Å²) in [6, 6.07) is 10.8. The number of hydrogen-bond donors (Lipinski definition) is 2. The molecule has 2 aromatic carbocycles. The van der Waals surface area contributed by atoms with Gasteiger partial charge in [-0.1, -0.05) is 23.7 Å². The van der Waals surface area contributed by atoms with Crippen LogP contribution >= 0.6 is 27.5 Å². The Morgan fingerprint density at radius 2 is 2.12 bits per heavy atom. The summed E-state index contributed by atoms with van der Waals surface area (Å²) in [5.41, 5.74) is 2.49. The first kappa shape index (κ1) is 18.8. The van der Waals surface area contributed by atoms with Gasteiger partial charge in [-0.25, -0.2) is 0 Å². The Morgan fingerprint density at radius 1 is 1.33 bits per heavy atom. The Labute approximate surface area is 154 Å². The van der Waals surface area contributed by atoms with Crippen LogP contribution in [0.5, 0.6) is 5.75 Å². The number of carbonyl (C=O) groups excluding carboxylic acids is 1. The van der Waals surface area contributed by atoms with Crippen LogP contribution in [0.3, 0.4) is 0 Å². The van der Waals surface area contributed by atoms with Crippen molar-refractivity contribution < 1.29 is 14.6 Å². The van der Waals surface area contributed by atoms with Crippen LogP contribution in [0.4, 0.5) is 0 Å². The number of amides is 1. The lowest BCUT2D eigenvalue weighted by molar-refractivity contribution is 0.0950. The van der Waals surface area contributed by atoms with E-state index in [-0.39, 0.29) is 12.5 Å². The summed E-state index contributed by atoms with van der Waals surface area (Å²) < 4.78 is 6.38. The van der Waals surface area contributed by atoms with E-state index in [1.54, 1.807) is 18.2 Å². The van der Waals surface area contributed by atoms with Crippen LogP contribution in [-0.4, -0.2) is 24.2 Å². The van der Waals surface area contributed by atoms with Crippen molar-refractivity contribution in [2.24, 2.45) is 0 Å². The van der Waals surface area contributed by atoms with E-state index in [0.29, 0.717) is 34.6 Å². The largest absolute Gasteiger partial charge is 0.493 e. The molecule has 0 aromatic heterocycles. The number of rotatable bonds is 7. The summed E-state index contributed by atoms with van der Waals surface area (Å²) in [6.45, 7) is 2.86. The maximum atomic E-state index is 12.3. The number of carbonyl (C=O) groups is 1. The van der Waals surface area contributed by atoms with Crippen molar-refractivity contribution in [2.45, 2.75) is 19.9 Å². The standard InChI is InChI=1S/C18H19BrClNO3/c1-12-4-2-5-17(24-9-3-8-22)14(12)11-21-18(23)13-6-7-16(20)15(19)10-13/h2,4-7,10,22H,3,8-9,11H2,1H3,(H,21,23). The van der Waals surface area contributed by atoms with Gasteiger partial charge in [0.2, 0.25) is 0 Å². The Balaban J connectivity index is 2.07. The van der Waals surface area contributed by atoms with Crippen LogP contribution in [0.2, 0.25) is 5.02 Å². The van der Waals surface area contributed by atoms with Crippen molar-refractivity contribution in [3.8, 4) is 5.75 Å². The molecule has 0 unspecified atom stereocenters. The van der Waals surface area contributed by atoms with Gasteiger partial charge in [-0.05, 0) is 52.7 Å². The molecule has 24 heavy (non-hydrogen) atoms. The average Bonchev–Trinajstić information content (AvgIpc) is 2.56. The number of ether oxygens (including phenoxy) is 1. The van der Waals surface area contributed by atoms with E-state index < -0.39 is 0 Å². The van der Waals surface area contributed by atoms with E-state index >= 15 is 0 Å². The van der Waals surface area contributed by atoms with Crippen LogP contribution < -0.4 is 10.1 Å². The number of benzene rings is 2. The maximum absolute atomic E-state index is 12.3. The fourth-order valence-electron chi connectivity index (χ4n) is 2.19. The molecule has 0 aliphatic rings. The quantitative estimate of drug-likeness (QED) is 0.673. The van der Waals surface area contributed by atoms with E-state index in [9.17, 15) is 4.79 Å². The first-order valence-corrected chi connectivity index (χ1v) is 8.75. The second-order valence-electron chi connectivity index (χ2n) is 5.29. The zero-order valence-corrected chi connectivity index (χ0v) is 15.7. The van der Waals surface area contributed by atoms with Gasteiger partial charge >= 0.3 is 0 Å². The van der Waals surface area contributed by atoms with Crippen LogP contribution in [-0.2, 0) is 6.54 Å². The molecule has 1 amide bonds. The monoisotopic (exact) mass is 411 g/mol. The number of aliphatic hydroxyl groups is 1. The van der Waals surface area contributed by atoms with Crippen LogP contribution in [0.1, 0.15) is 27.9 Å². The van der Waals surface area contributed by atoms with E-state index in [1.165, 1.54) is 0 Å². The highest BCUT2D eigenvalue weighted by atomic mass is 79.9. The lowest BCUT2D eigenvalue weighted by atomic mass is 10.1. The van der Waals surface area contributed by atoms with Gasteiger partial charge in [-0.15, -0.1) is 0 Å². The van der Waals surface area contributed by atoms with E-state index in [0.717, 1.165) is 16.9 Å². The number of halogens is 2. The minimum atomic E-state index is -0.183. The van der Waals surface area contributed by atoms with Gasteiger partial charge in [0, 0.05) is 35.2 Å². The summed E-state index contributed by atoms with van der Waals surface area (Å²) in [5, 5.41) is 12.3. The van der Waals surface area contributed by atoms with Gasteiger partial charge in [-0.2, -0.15) is 0 Å². The molecule has 0 radical (unpaired) electrons. The molecule has 0 fully saturated rings. The Bertz CT molecular complexity index is 721. The Morgan fingerprint density at radius 3 is 2.83 bits per heavy atom. The van der Waals surface area contributed by atoms with Crippen molar-refractivity contribution >= 4 is 33.4 Å². The van der Waals surface area contributed by atoms with Crippen molar-refractivity contribution in [1.29, 1.82) is 0 Å². The molecule has 4 nitrogen and oxygen atoms in total. The third-order valence-corrected chi connectivity index (χ3v) is 4.75. The summed E-state index contributed by atoms with van der Waals surface area (Å²) >= 11 is 9.26. The van der Waals surface area contributed by atoms with Crippen molar-refractivity contribution in [3.63, 3.8) is 0 Å². The minimum absolute atomic E-state index is 0.0866. The van der Waals surface area contributed by atoms with Gasteiger partial charge in [-0.3, -0.25) is 4.79 Å². The SMILES string of the molecule is Cc1cccc(OCCCO)c1CNC(=O)c1ccc(Cl)c(Br)c1. The predicted molar refractivity (Wildman–Crippen MR) is 98.7 cm³/mol. The molecule has 2 rings (SSSR count). The fraction of sp³-hybridized carbons (Fsp3) is 0.278. The zero-order chi connectivity index (χ0) is 17.5. The van der Waals surface area contributed by atoms with Gasteiger partial charge in [0.25, 0.3) is 5.91 Å². The molecule has 2 aromatic rings. The molecular formula is C18H19BrClNO3. The van der Waals surface area contributed by atoms with Gasteiger partial charge in [0.05, 0.1) is 11.6 Å². The minimum Gasteiger partial charge on any atom is -0.493 e. The summed E-state index contributed by atoms with van der Waals surface area (Å²) in [4.78, 5) is 12.3. The topological polar surface area (TPSA) is 58.6 Å². The van der Waals surface area contributed by atoms with Crippen molar-refractivity contribution in [1.82, 2.24) is 5.32 Å². The Kier molecular flexibility index (Phi) is 7.09. The third-order valence-electron chi connectivity index (χ3n) is 3.53. The fourth-order valence-corrected chi connectivity index (χ4v) is 2.69. The van der Waals surface area contributed by atoms with Crippen molar-refractivity contribution in [2.75, 3.05) is 13.2 Å². The lowest BCUT2D eigenvalue weighted by Gasteiger charge is -2.14.